The van der Waals surface area contributed by atoms with E-state index in [4.69, 9.17) is 18.9 Å². The monoisotopic (exact) mass is 311 g/mol. The quantitative estimate of drug-likeness (QED) is 0.447. The molecule has 1 rings (SSSR count). The molecule has 6 heteroatoms. The zero-order chi connectivity index (χ0) is 16.2. The molecule has 1 aromatic rings. The molecule has 6 nitrogen and oxygen atoms in total. The number of aliphatic hydroxyl groups excluding tert-OH is 1. The third kappa shape index (κ3) is 6.80. The van der Waals surface area contributed by atoms with Crippen LogP contribution < -0.4 is 19.5 Å². The molecule has 0 aliphatic heterocycles. The largest absolute Gasteiger partial charge is 0.497 e. The van der Waals surface area contributed by atoms with Gasteiger partial charge in [0.05, 0.1) is 33.5 Å². The first kappa shape index (κ1) is 18.3. The van der Waals surface area contributed by atoms with Gasteiger partial charge in [-0.15, -0.1) is 6.58 Å². The molecule has 0 saturated heterocycles. The van der Waals surface area contributed by atoms with Gasteiger partial charge in [0.25, 0.3) is 0 Å². The van der Waals surface area contributed by atoms with Gasteiger partial charge >= 0.3 is 0 Å². The van der Waals surface area contributed by atoms with E-state index in [1.807, 2.05) is 6.07 Å². The van der Waals surface area contributed by atoms with Crippen LogP contribution in [0.3, 0.4) is 0 Å². The van der Waals surface area contributed by atoms with Crippen LogP contribution in [-0.2, 0) is 4.74 Å². The lowest BCUT2D eigenvalue weighted by Crippen LogP contribution is -2.32. The minimum atomic E-state index is -0.546. The number of rotatable bonds is 12. The Hall–Kier alpha value is -1.76. The van der Waals surface area contributed by atoms with Crippen molar-refractivity contribution in [2.24, 2.45) is 0 Å². The summed E-state index contributed by atoms with van der Waals surface area (Å²) < 4.78 is 21.2. The standard InChI is InChI=1S/C16H25NO5/c1-4-8-21-12-13(18)11-17-7-9-22-15-6-5-14(19-2)10-16(15)20-3/h4-6,10,13,17-18H,1,7-9,11-12H2,2-3H3/t13-/m1/s1. The molecule has 0 aliphatic carbocycles. The fraction of sp³-hybridized carbons (Fsp3) is 0.500. The van der Waals surface area contributed by atoms with Crippen LogP contribution in [-0.4, -0.2) is 58.3 Å². The molecule has 0 saturated carbocycles. The lowest BCUT2D eigenvalue weighted by Gasteiger charge is -2.14. The van der Waals surface area contributed by atoms with Gasteiger partial charge in [0.1, 0.15) is 12.4 Å². The van der Waals surface area contributed by atoms with Gasteiger partial charge in [-0.3, -0.25) is 0 Å². The molecule has 0 bridgehead atoms. The lowest BCUT2D eigenvalue weighted by molar-refractivity contribution is 0.0491. The Bertz CT molecular complexity index is 439. The van der Waals surface area contributed by atoms with Gasteiger partial charge in [-0.05, 0) is 12.1 Å². The minimum Gasteiger partial charge on any atom is -0.497 e. The molecule has 1 atom stereocenters. The highest BCUT2D eigenvalue weighted by Crippen LogP contribution is 2.30. The highest BCUT2D eigenvalue weighted by Gasteiger charge is 2.06. The summed E-state index contributed by atoms with van der Waals surface area (Å²) in [6, 6.07) is 5.38. The Morgan fingerprint density at radius 1 is 1.27 bits per heavy atom. The van der Waals surface area contributed by atoms with Crippen molar-refractivity contribution in [1.82, 2.24) is 5.32 Å². The molecule has 0 radical (unpaired) electrons. The van der Waals surface area contributed by atoms with Crippen LogP contribution >= 0.6 is 0 Å². The first-order valence-electron chi connectivity index (χ1n) is 7.13. The average Bonchev–Trinajstić information content (AvgIpc) is 2.54. The fourth-order valence-electron chi connectivity index (χ4n) is 1.74. The van der Waals surface area contributed by atoms with Crippen LogP contribution in [0, 0.1) is 0 Å². The summed E-state index contributed by atoms with van der Waals surface area (Å²) in [5.41, 5.74) is 0. The average molecular weight is 311 g/mol. The van der Waals surface area contributed by atoms with Gasteiger partial charge in [0.2, 0.25) is 0 Å². The molecule has 0 amide bonds. The molecular formula is C16H25NO5. The molecule has 2 N–H and O–H groups in total. The number of aliphatic hydroxyl groups is 1. The topological polar surface area (TPSA) is 69.2 Å². The van der Waals surface area contributed by atoms with Gasteiger partial charge in [0.15, 0.2) is 11.5 Å². The third-order valence-corrected chi connectivity index (χ3v) is 2.83. The third-order valence-electron chi connectivity index (χ3n) is 2.83. The van der Waals surface area contributed by atoms with Crippen LogP contribution in [0.4, 0.5) is 0 Å². The SMILES string of the molecule is C=CCOC[C@H](O)CNCCOc1ccc(OC)cc1OC. The van der Waals surface area contributed by atoms with Gasteiger partial charge < -0.3 is 29.4 Å². The van der Waals surface area contributed by atoms with E-state index in [1.54, 1.807) is 32.4 Å². The minimum absolute atomic E-state index is 0.284. The van der Waals surface area contributed by atoms with E-state index in [1.165, 1.54) is 0 Å². The van der Waals surface area contributed by atoms with Gasteiger partial charge in [-0.25, -0.2) is 0 Å². The smallest absolute Gasteiger partial charge is 0.164 e. The lowest BCUT2D eigenvalue weighted by atomic mass is 10.3. The summed E-state index contributed by atoms with van der Waals surface area (Å²) in [6.07, 6.45) is 1.10. The van der Waals surface area contributed by atoms with Crippen molar-refractivity contribution >= 4 is 0 Å². The molecule has 0 aliphatic rings. The number of nitrogens with one attached hydrogen (secondary N) is 1. The second kappa shape index (κ2) is 10.9. The van der Waals surface area contributed by atoms with Crippen LogP contribution in [0.15, 0.2) is 30.9 Å². The number of ether oxygens (including phenoxy) is 4. The molecular weight excluding hydrogens is 286 g/mol. The van der Waals surface area contributed by atoms with Crippen molar-refractivity contribution in [3.63, 3.8) is 0 Å². The number of hydrogen-bond acceptors (Lipinski definition) is 6. The van der Waals surface area contributed by atoms with Crippen molar-refractivity contribution in [2.45, 2.75) is 6.10 Å². The summed E-state index contributed by atoms with van der Waals surface area (Å²) in [5, 5.41) is 12.7. The molecule has 0 aromatic heterocycles. The predicted octanol–water partition coefficient (Wildman–Crippen LogP) is 1.24. The number of hydrogen-bond donors (Lipinski definition) is 2. The molecule has 22 heavy (non-hydrogen) atoms. The van der Waals surface area contributed by atoms with Crippen molar-refractivity contribution in [3.8, 4) is 17.2 Å². The predicted molar refractivity (Wildman–Crippen MR) is 84.9 cm³/mol. The number of benzene rings is 1. The first-order chi connectivity index (χ1) is 10.7. The maximum atomic E-state index is 9.64. The second-order valence-electron chi connectivity index (χ2n) is 4.55. The van der Waals surface area contributed by atoms with E-state index < -0.39 is 6.10 Å². The maximum absolute atomic E-state index is 9.64. The van der Waals surface area contributed by atoms with Crippen molar-refractivity contribution in [1.29, 1.82) is 0 Å². The van der Waals surface area contributed by atoms with Gasteiger partial charge in [0, 0.05) is 19.2 Å². The van der Waals surface area contributed by atoms with Crippen LogP contribution in [0.1, 0.15) is 0 Å². The first-order valence-corrected chi connectivity index (χ1v) is 7.13. The molecule has 0 heterocycles. The molecule has 124 valence electrons. The number of methoxy groups -OCH3 is 2. The maximum Gasteiger partial charge on any atom is 0.164 e. The Balaban J connectivity index is 2.23. The van der Waals surface area contributed by atoms with Crippen molar-refractivity contribution in [3.05, 3.63) is 30.9 Å². The van der Waals surface area contributed by atoms with E-state index >= 15 is 0 Å². The Labute approximate surface area is 131 Å². The molecule has 0 spiro atoms. The summed E-state index contributed by atoms with van der Waals surface area (Å²) in [6.45, 7) is 5.78. The van der Waals surface area contributed by atoms with Crippen LogP contribution in [0.2, 0.25) is 0 Å². The van der Waals surface area contributed by atoms with E-state index in [2.05, 4.69) is 11.9 Å². The Morgan fingerprint density at radius 3 is 2.77 bits per heavy atom. The van der Waals surface area contributed by atoms with E-state index in [0.29, 0.717) is 43.6 Å². The highest BCUT2D eigenvalue weighted by molar-refractivity contribution is 5.45. The van der Waals surface area contributed by atoms with Crippen molar-refractivity contribution < 1.29 is 24.1 Å². The van der Waals surface area contributed by atoms with E-state index in [-0.39, 0.29) is 6.61 Å². The summed E-state index contributed by atoms with van der Waals surface area (Å²) in [7, 11) is 3.18. The van der Waals surface area contributed by atoms with Crippen molar-refractivity contribution in [2.75, 3.05) is 47.1 Å². The molecule has 1 aromatic carbocycles. The van der Waals surface area contributed by atoms with E-state index in [0.717, 1.165) is 0 Å². The van der Waals surface area contributed by atoms with E-state index in [9.17, 15) is 5.11 Å². The Morgan fingerprint density at radius 2 is 2.09 bits per heavy atom. The second-order valence-corrected chi connectivity index (χ2v) is 4.55. The summed E-state index contributed by atoms with van der Waals surface area (Å²) >= 11 is 0. The summed E-state index contributed by atoms with van der Waals surface area (Å²) in [4.78, 5) is 0. The highest BCUT2D eigenvalue weighted by atomic mass is 16.5. The fourth-order valence-corrected chi connectivity index (χ4v) is 1.74. The molecule has 0 unspecified atom stereocenters. The van der Waals surface area contributed by atoms with Crippen LogP contribution in [0.25, 0.3) is 0 Å². The Kier molecular flexibility index (Phi) is 9.06. The van der Waals surface area contributed by atoms with Gasteiger partial charge in [-0.1, -0.05) is 6.08 Å². The zero-order valence-corrected chi connectivity index (χ0v) is 13.2. The van der Waals surface area contributed by atoms with Gasteiger partial charge in [-0.2, -0.15) is 0 Å². The molecule has 0 fully saturated rings. The normalized spacial score (nSPS) is 11.8. The zero-order valence-electron chi connectivity index (χ0n) is 13.2. The summed E-state index contributed by atoms with van der Waals surface area (Å²) in [5.74, 6) is 1.99. The van der Waals surface area contributed by atoms with Crippen LogP contribution in [0.5, 0.6) is 17.2 Å².